The number of hydrogen-bond donors (Lipinski definition) is 1. The molecule has 0 aromatic carbocycles. The molecule has 1 N–H and O–H groups in total. The Bertz CT molecular complexity index is 419. The summed E-state index contributed by atoms with van der Waals surface area (Å²) >= 11 is 0. The van der Waals surface area contributed by atoms with Crippen LogP contribution in [0.4, 0.5) is 0 Å². The van der Waals surface area contributed by atoms with Gasteiger partial charge in [0.05, 0.1) is 18.8 Å². The average Bonchev–Trinajstić information content (AvgIpc) is 2.24. The highest BCUT2D eigenvalue weighted by molar-refractivity contribution is 5.82. The van der Waals surface area contributed by atoms with Gasteiger partial charge in [0.1, 0.15) is 11.9 Å². The maximum atomic E-state index is 11.9. The van der Waals surface area contributed by atoms with Crippen molar-refractivity contribution in [2.24, 2.45) is 5.41 Å². The van der Waals surface area contributed by atoms with Crippen LogP contribution in [0.5, 0.6) is 0 Å². The van der Waals surface area contributed by atoms with E-state index < -0.39 is 11.0 Å². The van der Waals surface area contributed by atoms with E-state index in [1.165, 1.54) is 6.33 Å². The van der Waals surface area contributed by atoms with Crippen LogP contribution in [0.3, 0.4) is 0 Å². The normalized spacial score (nSPS) is 18.7. The number of aliphatic hydroxyl groups is 1. The van der Waals surface area contributed by atoms with E-state index in [1.54, 1.807) is 17.2 Å². The Balaban J connectivity index is 2.06. The molecule has 1 amide bonds. The second-order valence-corrected chi connectivity index (χ2v) is 5.54. The molecule has 0 saturated carbocycles. The lowest BCUT2D eigenvalue weighted by molar-refractivity contribution is -0.165. The number of carbonyl (C=O) groups excluding carboxylic acids is 1. The fourth-order valence-corrected chi connectivity index (χ4v) is 1.93. The molecule has 5 heteroatoms. The van der Waals surface area contributed by atoms with E-state index in [0.29, 0.717) is 18.8 Å². The summed E-state index contributed by atoms with van der Waals surface area (Å²) in [7, 11) is 0. The van der Waals surface area contributed by atoms with Crippen molar-refractivity contribution in [2.75, 3.05) is 13.1 Å². The molecule has 5 nitrogen and oxygen atoms in total. The van der Waals surface area contributed by atoms with Crippen LogP contribution in [-0.4, -0.2) is 39.0 Å². The fraction of sp³-hybridized carbons (Fsp3) is 0.583. The monoisotopic (exact) mass is 235 g/mol. The average molecular weight is 235 g/mol. The van der Waals surface area contributed by atoms with Gasteiger partial charge in [-0.3, -0.25) is 4.79 Å². The molecule has 0 spiro atoms. The third-order valence-electron chi connectivity index (χ3n) is 2.89. The zero-order valence-electron chi connectivity index (χ0n) is 10.3. The summed E-state index contributed by atoms with van der Waals surface area (Å²) in [5, 5.41) is 10.3. The molecule has 1 aliphatic heterocycles. The maximum absolute atomic E-state index is 11.9. The Hall–Kier alpha value is -1.49. The Morgan fingerprint density at radius 3 is 2.59 bits per heavy atom. The van der Waals surface area contributed by atoms with E-state index in [4.69, 9.17) is 0 Å². The van der Waals surface area contributed by atoms with Gasteiger partial charge >= 0.3 is 0 Å². The van der Waals surface area contributed by atoms with Crippen LogP contribution in [0.2, 0.25) is 0 Å². The van der Waals surface area contributed by atoms with Gasteiger partial charge in [-0.15, -0.1) is 0 Å². The van der Waals surface area contributed by atoms with Gasteiger partial charge in [-0.1, -0.05) is 20.8 Å². The fourth-order valence-electron chi connectivity index (χ4n) is 1.93. The van der Waals surface area contributed by atoms with Gasteiger partial charge in [-0.05, 0) is 6.07 Å². The summed E-state index contributed by atoms with van der Waals surface area (Å²) in [5.74, 6) is 0.0521. The highest BCUT2D eigenvalue weighted by Gasteiger charge is 2.48. The number of nitrogens with zero attached hydrogens (tertiary/aromatic N) is 3. The molecule has 2 rings (SSSR count). The molecule has 0 aliphatic carbocycles. The molecule has 1 aromatic rings. The molecular weight excluding hydrogens is 218 g/mol. The molecule has 92 valence electrons. The molecule has 1 aliphatic rings. The Morgan fingerprint density at radius 2 is 2.12 bits per heavy atom. The first-order chi connectivity index (χ1) is 7.83. The van der Waals surface area contributed by atoms with Gasteiger partial charge < -0.3 is 10.0 Å². The molecule has 0 bridgehead atoms. The van der Waals surface area contributed by atoms with Crippen molar-refractivity contribution in [3.63, 3.8) is 0 Å². The van der Waals surface area contributed by atoms with Crippen molar-refractivity contribution < 1.29 is 9.90 Å². The number of aromatic nitrogens is 2. The van der Waals surface area contributed by atoms with Crippen molar-refractivity contribution in [3.05, 3.63) is 24.3 Å². The van der Waals surface area contributed by atoms with Crippen molar-refractivity contribution in [1.29, 1.82) is 0 Å². The van der Waals surface area contributed by atoms with Gasteiger partial charge in [0, 0.05) is 11.6 Å². The Kier molecular flexibility index (Phi) is 2.66. The van der Waals surface area contributed by atoms with Crippen LogP contribution in [0.1, 0.15) is 26.5 Å². The van der Waals surface area contributed by atoms with E-state index in [2.05, 4.69) is 9.97 Å². The van der Waals surface area contributed by atoms with Gasteiger partial charge in [0.15, 0.2) is 0 Å². The van der Waals surface area contributed by atoms with Crippen LogP contribution >= 0.6 is 0 Å². The largest absolute Gasteiger partial charge is 0.380 e. The lowest BCUT2D eigenvalue weighted by atomic mass is 9.86. The summed E-state index contributed by atoms with van der Waals surface area (Å²) in [6.07, 6.45) is 3.00. The second kappa shape index (κ2) is 3.77. The van der Waals surface area contributed by atoms with Crippen molar-refractivity contribution in [2.45, 2.75) is 26.4 Å². The number of likely N-dealkylation sites (tertiary alicyclic amines) is 1. The topological polar surface area (TPSA) is 66.3 Å². The predicted octanol–water partition coefficient (Wildman–Crippen LogP) is 0.552. The summed E-state index contributed by atoms with van der Waals surface area (Å²) in [6, 6.07) is 1.68. The van der Waals surface area contributed by atoms with E-state index >= 15 is 0 Å². The van der Waals surface area contributed by atoms with Crippen molar-refractivity contribution in [1.82, 2.24) is 14.9 Å². The van der Waals surface area contributed by atoms with Gasteiger partial charge in [0.25, 0.3) is 0 Å². The molecule has 1 aromatic heterocycles. The molecule has 0 unspecified atom stereocenters. The molecule has 2 heterocycles. The SMILES string of the molecule is CC(C)(C)C(=O)N1CC(O)(c2ccncn2)C1. The highest BCUT2D eigenvalue weighted by Crippen LogP contribution is 2.33. The standard InChI is InChI=1S/C12H17N3O2/c1-11(2,3)10(16)15-6-12(17,7-15)9-4-5-13-8-14-9/h4-5,8,17H,6-7H2,1-3H3. The molecule has 0 atom stereocenters. The first-order valence-electron chi connectivity index (χ1n) is 5.61. The number of hydrogen-bond acceptors (Lipinski definition) is 4. The minimum absolute atomic E-state index is 0.0521. The number of amides is 1. The smallest absolute Gasteiger partial charge is 0.228 e. The third kappa shape index (κ3) is 2.15. The molecule has 1 fully saturated rings. The Labute approximate surface area is 100 Å². The van der Waals surface area contributed by atoms with Gasteiger partial charge in [0.2, 0.25) is 5.91 Å². The van der Waals surface area contributed by atoms with E-state index in [1.807, 2.05) is 20.8 Å². The van der Waals surface area contributed by atoms with E-state index in [0.717, 1.165) is 0 Å². The summed E-state index contributed by atoms with van der Waals surface area (Å²) in [5.41, 5.74) is -0.845. The van der Waals surface area contributed by atoms with Crippen molar-refractivity contribution >= 4 is 5.91 Å². The quantitative estimate of drug-likeness (QED) is 0.772. The lowest BCUT2D eigenvalue weighted by Gasteiger charge is -2.47. The van der Waals surface area contributed by atoms with Crippen LogP contribution in [0, 0.1) is 5.41 Å². The number of rotatable bonds is 1. The van der Waals surface area contributed by atoms with Crippen molar-refractivity contribution in [3.8, 4) is 0 Å². The number of β-amino-alcohol motifs (C(OH)–C–C–N with tert-alkyl or cyclic N) is 1. The number of carbonyl (C=O) groups is 1. The van der Waals surface area contributed by atoms with E-state index in [9.17, 15) is 9.90 Å². The Morgan fingerprint density at radius 1 is 1.47 bits per heavy atom. The van der Waals surface area contributed by atoms with Crippen LogP contribution < -0.4 is 0 Å². The van der Waals surface area contributed by atoms with Crippen LogP contribution in [0.15, 0.2) is 18.6 Å². The lowest BCUT2D eigenvalue weighted by Crippen LogP contribution is -2.63. The minimum atomic E-state index is -1.01. The summed E-state index contributed by atoms with van der Waals surface area (Å²) < 4.78 is 0. The van der Waals surface area contributed by atoms with Crippen LogP contribution in [-0.2, 0) is 10.4 Å². The first-order valence-corrected chi connectivity index (χ1v) is 5.61. The third-order valence-corrected chi connectivity index (χ3v) is 2.89. The molecule has 1 saturated heterocycles. The second-order valence-electron chi connectivity index (χ2n) is 5.54. The summed E-state index contributed by atoms with van der Waals surface area (Å²) in [6.45, 7) is 6.23. The summed E-state index contributed by atoms with van der Waals surface area (Å²) in [4.78, 5) is 21.4. The molecule has 0 radical (unpaired) electrons. The minimum Gasteiger partial charge on any atom is -0.380 e. The zero-order chi connectivity index (χ0) is 12.7. The maximum Gasteiger partial charge on any atom is 0.228 e. The highest BCUT2D eigenvalue weighted by atomic mass is 16.3. The van der Waals surface area contributed by atoms with Crippen LogP contribution in [0.25, 0.3) is 0 Å². The van der Waals surface area contributed by atoms with E-state index in [-0.39, 0.29) is 5.91 Å². The van der Waals surface area contributed by atoms with Gasteiger partial charge in [-0.2, -0.15) is 0 Å². The zero-order valence-corrected chi connectivity index (χ0v) is 10.3. The van der Waals surface area contributed by atoms with Gasteiger partial charge in [-0.25, -0.2) is 9.97 Å². The first kappa shape index (κ1) is 12.0. The molecule has 17 heavy (non-hydrogen) atoms. The predicted molar refractivity (Wildman–Crippen MR) is 62.0 cm³/mol. The molecular formula is C12H17N3O2.